The summed E-state index contributed by atoms with van der Waals surface area (Å²) < 4.78 is 1.87. The maximum absolute atomic E-state index is 4.19. The molecule has 2 unspecified atom stereocenters. The molecule has 2 nitrogen and oxygen atoms in total. The third-order valence-electron chi connectivity index (χ3n) is 2.97. The summed E-state index contributed by atoms with van der Waals surface area (Å²) in [5, 5.41) is 4.19. The van der Waals surface area contributed by atoms with E-state index in [1.54, 1.807) is 0 Å². The van der Waals surface area contributed by atoms with Gasteiger partial charge in [0.2, 0.25) is 0 Å². The molecule has 0 saturated carbocycles. The van der Waals surface area contributed by atoms with Gasteiger partial charge in [-0.1, -0.05) is 36.7 Å². The highest BCUT2D eigenvalue weighted by molar-refractivity contribution is 9.09. The summed E-state index contributed by atoms with van der Waals surface area (Å²) in [7, 11) is 1.97. The molecule has 15 heavy (non-hydrogen) atoms. The third-order valence-corrected chi connectivity index (χ3v) is 3.65. The van der Waals surface area contributed by atoms with Crippen LogP contribution in [-0.2, 0) is 13.5 Å². The van der Waals surface area contributed by atoms with Crippen molar-refractivity contribution in [3.05, 3.63) is 18.0 Å². The maximum Gasteiger partial charge on any atom is 0.0521 e. The number of aromatic nitrogens is 2. The minimum absolute atomic E-state index is 0.592. The molecule has 0 bridgehead atoms. The second kappa shape index (κ2) is 5.69. The molecule has 0 aliphatic carbocycles. The Morgan fingerprint density at radius 2 is 2.07 bits per heavy atom. The third kappa shape index (κ3) is 3.98. The molecule has 2 atom stereocenters. The zero-order valence-corrected chi connectivity index (χ0v) is 11.7. The van der Waals surface area contributed by atoms with Crippen LogP contribution in [0.1, 0.15) is 32.8 Å². The number of aryl methyl sites for hydroxylation is 2. The predicted octanol–water partition coefficient (Wildman–Crippen LogP) is 3.41. The molecule has 1 aromatic rings. The standard InChI is InChI=1S/C12H21BrN2/c1-9(2)12(10(3)13)6-5-11-7-14-15(4)8-11/h7-10,12H,5-6H2,1-4H3. The molecule has 0 aromatic carbocycles. The van der Waals surface area contributed by atoms with E-state index in [4.69, 9.17) is 0 Å². The maximum atomic E-state index is 4.19. The predicted molar refractivity (Wildman–Crippen MR) is 68.2 cm³/mol. The van der Waals surface area contributed by atoms with Crippen molar-refractivity contribution < 1.29 is 0 Å². The van der Waals surface area contributed by atoms with Gasteiger partial charge >= 0.3 is 0 Å². The van der Waals surface area contributed by atoms with Gasteiger partial charge in [0.25, 0.3) is 0 Å². The van der Waals surface area contributed by atoms with E-state index in [1.165, 1.54) is 12.0 Å². The molecule has 1 heterocycles. The molecule has 0 aliphatic rings. The second-order valence-electron chi connectivity index (χ2n) is 4.65. The van der Waals surface area contributed by atoms with Crippen LogP contribution in [-0.4, -0.2) is 14.6 Å². The fourth-order valence-electron chi connectivity index (χ4n) is 2.03. The summed E-state index contributed by atoms with van der Waals surface area (Å²) in [6.07, 6.45) is 6.44. The molecular formula is C12H21BrN2. The minimum atomic E-state index is 0.592. The molecule has 0 N–H and O–H groups in total. The zero-order chi connectivity index (χ0) is 11.4. The number of halogens is 1. The van der Waals surface area contributed by atoms with E-state index >= 15 is 0 Å². The van der Waals surface area contributed by atoms with Crippen LogP contribution >= 0.6 is 15.9 Å². The molecule has 1 aromatic heterocycles. The SMILES string of the molecule is CC(C)C(CCc1cnn(C)c1)C(C)Br. The van der Waals surface area contributed by atoms with Gasteiger partial charge in [-0.25, -0.2) is 0 Å². The van der Waals surface area contributed by atoms with E-state index in [2.05, 4.69) is 48.0 Å². The van der Waals surface area contributed by atoms with Gasteiger partial charge in [-0.3, -0.25) is 4.68 Å². The van der Waals surface area contributed by atoms with Crippen molar-refractivity contribution in [2.24, 2.45) is 18.9 Å². The molecule has 86 valence electrons. The fourth-order valence-corrected chi connectivity index (χ4v) is 2.90. The zero-order valence-electron chi connectivity index (χ0n) is 10.1. The lowest BCUT2D eigenvalue weighted by atomic mass is 9.88. The van der Waals surface area contributed by atoms with E-state index in [0.717, 1.165) is 18.3 Å². The van der Waals surface area contributed by atoms with E-state index in [9.17, 15) is 0 Å². The van der Waals surface area contributed by atoms with Crippen LogP contribution in [0.4, 0.5) is 0 Å². The van der Waals surface area contributed by atoms with Crippen LogP contribution in [0.5, 0.6) is 0 Å². The Morgan fingerprint density at radius 1 is 1.40 bits per heavy atom. The van der Waals surface area contributed by atoms with Gasteiger partial charge in [-0.05, 0) is 30.2 Å². The van der Waals surface area contributed by atoms with Gasteiger partial charge in [0.15, 0.2) is 0 Å². The fraction of sp³-hybridized carbons (Fsp3) is 0.750. The van der Waals surface area contributed by atoms with E-state index in [1.807, 2.05) is 17.9 Å². The van der Waals surface area contributed by atoms with E-state index in [-0.39, 0.29) is 0 Å². The van der Waals surface area contributed by atoms with Crippen LogP contribution < -0.4 is 0 Å². The smallest absolute Gasteiger partial charge is 0.0521 e. The van der Waals surface area contributed by atoms with Crippen molar-refractivity contribution in [2.75, 3.05) is 0 Å². The van der Waals surface area contributed by atoms with Gasteiger partial charge in [-0.2, -0.15) is 5.10 Å². The van der Waals surface area contributed by atoms with Crippen LogP contribution in [0, 0.1) is 11.8 Å². The highest BCUT2D eigenvalue weighted by Gasteiger charge is 2.18. The first-order valence-electron chi connectivity index (χ1n) is 5.62. The first kappa shape index (κ1) is 12.8. The van der Waals surface area contributed by atoms with Gasteiger partial charge in [-0.15, -0.1) is 0 Å². The molecule has 0 radical (unpaired) electrons. The summed E-state index contributed by atoms with van der Waals surface area (Å²) in [5.41, 5.74) is 1.34. The highest BCUT2D eigenvalue weighted by atomic mass is 79.9. The summed E-state index contributed by atoms with van der Waals surface area (Å²) >= 11 is 3.70. The van der Waals surface area contributed by atoms with Crippen molar-refractivity contribution in [1.29, 1.82) is 0 Å². The lowest BCUT2D eigenvalue weighted by Crippen LogP contribution is -2.18. The minimum Gasteiger partial charge on any atom is -0.276 e. The van der Waals surface area contributed by atoms with Crippen LogP contribution in [0.2, 0.25) is 0 Å². The van der Waals surface area contributed by atoms with Gasteiger partial charge in [0, 0.05) is 18.1 Å². The van der Waals surface area contributed by atoms with Crippen molar-refractivity contribution in [1.82, 2.24) is 9.78 Å². The molecule has 0 spiro atoms. The summed E-state index contributed by atoms with van der Waals surface area (Å²) in [6.45, 7) is 6.84. The Balaban J connectivity index is 2.47. The van der Waals surface area contributed by atoms with Crippen LogP contribution in [0.25, 0.3) is 0 Å². The second-order valence-corrected chi connectivity index (χ2v) is 6.09. The van der Waals surface area contributed by atoms with Crippen LogP contribution in [0.3, 0.4) is 0 Å². The summed E-state index contributed by atoms with van der Waals surface area (Å²) in [5.74, 6) is 1.47. The normalized spacial score (nSPS) is 15.6. The number of alkyl halides is 1. The molecular weight excluding hydrogens is 252 g/mol. The number of rotatable bonds is 5. The molecule has 0 fully saturated rings. The number of hydrogen-bond acceptors (Lipinski definition) is 1. The quantitative estimate of drug-likeness (QED) is 0.752. The number of nitrogens with zero attached hydrogens (tertiary/aromatic N) is 2. The molecule has 0 amide bonds. The Bertz CT molecular complexity index is 284. The van der Waals surface area contributed by atoms with E-state index < -0.39 is 0 Å². The lowest BCUT2D eigenvalue weighted by Gasteiger charge is -2.23. The Kier molecular flexibility index (Phi) is 4.84. The van der Waals surface area contributed by atoms with Crippen molar-refractivity contribution in [3.63, 3.8) is 0 Å². The summed E-state index contributed by atoms with van der Waals surface area (Å²) in [4.78, 5) is 0.592. The lowest BCUT2D eigenvalue weighted by molar-refractivity contribution is 0.361. The summed E-state index contributed by atoms with van der Waals surface area (Å²) in [6, 6.07) is 0. The van der Waals surface area contributed by atoms with Crippen LogP contribution in [0.15, 0.2) is 12.4 Å². The van der Waals surface area contributed by atoms with Crippen molar-refractivity contribution in [2.45, 2.75) is 38.4 Å². The van der Waals surface area contributed by atoms with Gasteiger partial charge in [0.05, 0.1) is 6.20 Å². The first-order valence-corrected chi connectivity index (χ1v) is 6.54. The first-order chi connectivity index (χ1) is 7.00. The topological polar surface area (TPSA) is 17.8 Å². The largest absolute Gasteiger partial charge is 0.276 e. The van der Waals surface area contributed by atoms with Gasteiger partial charge in [0.1, 0.15) is 0 Å². The Hall–Kier alpha value is -0.310. The van der Waals surface area contributed by atoms with E-state index in [0.29, 0.717) is 4.83 Å². The number of hydrogen-bond donors (Lipinski definition) is 0. The Morgan fingerprint density at radius 3 is 2.47 bits per heavy atom. The van der Waals surface area contributed by atoms with Gasteiger partial charge < -0.3 is 0 Å². The molecule has 1 rings (SSSR count). The highest BCUT2D eigenvalue weighted by Crippen LogP contribution is 2.26. The average Bonchev–Trinajstić information content (AvgIpc) is 2.50. The van der Waals surface area contributed by atoms with Crippen molar-refractivity contribution >= 4 is 15.9 Å². The molecule has 3 heteroatoms. The monoisotopic (exact) mass is 272 g/mol. The molecule has 0 saturated heterocycles. The van der Waals surface area contributed by atoms with Crippen molar-refractivity contribution in [3.8, 4) is 0 Å². The molecule has 0 aliphatic heterocycles. The average molecular weight is 273 g/mol. The Labute approximate surface area is 101 Å².